The lowest BCUT2D eigenvalue weighted by atomic mass is 9.97. The van der Waals surface area contributed by atoms with Crippen LogP contribution >= 0.6 is 0 Å². The predicted molar refractivity (Wildman–Crippen MR) is 63.2 cm³/mol. The van der Waals surface area contributed by atoms with E-state index in [1.807, 2.05) is 6.92 Å². The van der Waals surface area contributed by atoms with E-state index < -0.39 is 12.1 Å². The Bertz CT molecular complexity index is 283. The Hall–Kier alpha value is -1.30. The SMILES string of the molecule is CCC(O)CNC(=O)C1CCCN(C(N)=O)C1. The van der Waals surface area contributed by atoms with Crippen molar-refractivity contribution < 1.29 is 14.7 Å². The number of primary amides is 1. The summed E-state index contributed by atoms with van der Waals surface area (Å²) in [6.07, 6.45) is 1.66. The van der Waals surface area contributed by atoms with Gasteiger partial charge in [0.15, 0.2) is 0 Å². The van der Waals surface area contributed by atoms with Crippen molar-refractivity contribution in [2.24, 2.45) is 11.7 Å². The summed E-state index contributed by atoms with van der Waals surface area (Å²) in [7, 11) is 0. The lowest BCUT2D eigenvalue weighted by molar-refractivity contribution is -0.126. The van der Waals surface area contributed by atoms with Gasteiger partial charge in [0.25, 0.3) is 0 Å². The van der Waals surface area contributed by atoms with Crippen LogP contribution in [0.3, 0.4) is 0 Å². The third-order valence-electron chi connectivity index (χ3n) is 3.09. The predicted octanol–water partition coefficient (Wildman–Crippen LogP) is -0.336. The van der Waals surface area contributed by atoms with Gasteiger partial charge in [0, 0.05) is 19.6 Å². The molecule has 0 spiro atoms. The van der Waals surface area contributed by atoms with E-state index in [1.54, 1.807) is 0 Å². The highest BCUT2D eigenvalue weighted by molar-refractivity contribution is 5.80. The molecule has 17 heavy (non-hydrogen) atoms. The van der Waals surface area contributed by atoms with Gasteiger partial charge >= 0.3 is 6.03 Å². The number of nitrogens with one attached hydrogen (secondary N) is 1. The van der Waals surface area contributed by atoms with E-state index in [-0.39, 0.29) is 18.4 Å². The molecule has 2 atom stereocenters. The van der Waals surface area contributed by atoms with Gasteiger partial charge in [-0.2, -0.15) is 0 Å². The number of hydrogen-bond acceptors (Lipinski definition) is 3. The van der Waals surface area contributed by atoms with Crippen molar-refractivity contribution in [3.8, 4) is 0 Å². The van der Waals surface area contributed by atoms with Gasteiger partial charge in [-0.05, 0) is 19.3 Å². The molecule has 1 rings (SSSR count). The van der Waals surface area contributed by atoms with E-state index in [1.165, 1.54) is 4.90 Å². The first kappa shape index (κ1) is 13.8. The molecule has 0 saturated carbocycles. The Morgan fingerprint density at radius 3 is 2.88 bits per heavy atom. The molecule has 6 heteroatoms. The van der Waals surface area contributed by atoms with Crippen LogP contribution in [-0.2, 0) is 4.79 Å². The fraction of sp³-hybridized carbons (Fsp3) is 0.818. The van der Waals surface area contributed by atoms with Gasteiger partial charge in [-0.25, -0.2) is 4.79 Å². The molecule has 6 nitrogen and oxygen atoms in total. The molecular formula is C11H21N3O3. The summed E-state index contributed by atoms with van der Waals surface area (Å²) in [4.78, 5) is 24.3. The zero-order valence-electron chi connectivity index (χ0n) is 10.2. The number of piperidine rings is 1. The lowest BCUT2D eigenvalue weighted by Gasteiger charge is -2.30. The summed E-state index contributed by atoms with van der Waals surface area (Å²) in [5.41, 5.74) is 5.19. The maximum absolute atomic E-state index is 11.8. The number of hydrogen-bond donors (Lipinski definition) is 3. The van der Waals surface area contributed by atoms with Crippen LogP contribution in [0, 0.1) is 5.92 Å². The molecule has 3 amide bonds. The van der Waals surface area contributed by atoms with Gasteiger partial charge in [0.1, 0.15) is 0 Å². The third kappa shape index (κ3) is 4.22. The second kappa shape index (κ2) is 6.44. The second-order valence-corrected chi connectivity index (χ2v) is 4.43. The summed E-state index contributed by atoms with van der Waals surface area (Å²) in [5.74, 6) is -0.316. The molecule has 1 heterocycles. The minimum atomic E-state index is -0.505. The largest absolute Gasteiger partial charge is 0.391 e. The average Bonchev–Trinajstić information content (AvgIpc) is 2.35. The van der Waals surface area contributed by atoms with Gasteiger partial charge in [0.2, 0.25) is 5.91 Å². The summed E-state index contributed by atoms with van der Waals surface area (Å²) in [6, 6.07) is -0.476. The number of nitrogens with zero attached hydrogens (tertiary/aromatic N) is 1. The Kier molecular flexibility index (Phi) is 5.21. The quantitative estimate of drug-likeness (QED) is 0.630. The normalized spacial score (nSPS) is 22.0. The zero-order chi connectivity index (χ0) is 12.8. The first-order valence-electron chi connectivity index (χ1n) is 6.04. The summed E-state index contributed by atoms with van der Waals surface area (Å²) < 4.78 is 0. The molecule has 0 aromatic carbocycles. The number of aliphatic hydroxyl groups excluding tert-OH is 1. The first-order chi connectivity index (χ1) is 8.04. The van der Waals surface area contributed by atoms with Gasteiger partial charge in [-0.15, -0.1) is 0 Å². The van der Waals surface area contributed by atoms with E-state index in [0.29, 0.717) is 19.5 Å². The third-order valence-corrected chi connectivity index (χ3v) is 3.09. The van der Waals surface area contributed by atoms with Gasteiger partial charge < -0.3 is 21.1 Å². The minimum Gasteiger partial charge on any atom is -0.391 e. The smallest absolute Gasteiger partial charge is 0.314 e. The molecule has 0 radical (unpaired) electrons. The molecule has 98 valence electrons. The van der Waals surface area contributed by atoms with Crippen molar-refractivity contribution >= 4 is 11.9 Å². The van der Waals surface area contributed by atoms with E-state index in [2.05, 4.69) is 5.32 Å². The standard InChI is InChI=1S/C11H21N3O3/c1-2-9(15)6-13-10(16)8-4-3-5-14(7-8)11(12)17/h8-9,15H,2-7H2,1H3,(H2,12,17)(H,13,16). The van der Waals surface area contributed by atoms with E-state index in [9.17, 15) is 14.7 Å². The van der Waals surface area contributed by atoms with Crippen LogP contribution < -0.4 is 11.1 Å². The van der Waals surface area contributed by atoms with Crippen LogP contribution in [-0.4, -0.2) is 47.7 Å². The fourth-order valence-corrected chi connectivity index (χ4v) is 1.90. The topological polar surface area (TPSA) is 95.7 Å². The van der Waals surface area contributed by atoms with Gasteiger partial charge in [0.05, 0.1) is 12.0 Å². The summed E-state index contributed by atoms with van der Waals surface area (Å²) in [6.45, 7) is 3.12. The number of nitrogens with two attached hydrogens (primary N) is 1. The molecule has 0 aromatic rings. The molecular weight excluding hydrogens is 222 g/mol. The van der Waals surface area contributed by atoms with E-state index in [4.69, 9.17) is 5.73 Å². The first-order valence-corrected chi connectivity index (χ1v) is 6.04. The number of carbonyl (C=O) groups is 2. The Morgan fingerprint density at radius 2 is 2.29 bits per heavy atom. The van der Waals surface area contributed by atoms with Gasteiger partial charge in [-0.1, -0.05) is 6.92 Å². The number of carbonyl (C=O) groups excluding carboxylic acids is 2. The molecule has 1 saturated heterocycles. The van der Waals surface area contributed by atoms with Crippen LogP contribution in [0.25, 0.3) is 0 Å². The average molecular weight is 243 g/mol. The van der Waals surface area contributed by atoms with Crippen LogP contribution in [0.2, 0.25) is 0 Å². The number of rotatable bonds is 4. The molecule has 4 N–H and O–H groups in total. The number of amides is 3. The van der Waals surface area contributed by atoms with E-state index >= 15 is 0 Å². The number of likely N-dealkylation sites (tertiary alicyclic amines) is 1. The molecule has 0 bridgehead atoms. The Labute approximate surface area is 101 Å². The monoisotopic (exact) mass is 243 g/mol. The van der Waals surface area contributed by atoms with Gasteiger partial charge in [-0.3, -0.25) is 4.79 Å². The fourth-order valence-electron chi connectivity index (χ4n) is 1.90. The van der Waals surface area contributed by atoms with Crippen LogP contribution in [0.15, 0.2) is 0 Å². The highest BCUT2D eigenvalue weighted by Gasteiger charge is 2.27. The highest BCUT2D eigenvalue weighted by Crippen LogP contribution is 2.16. The summed E-state index contributed by atoms with van der Waals surface area (Å²) >= 11 is 0. The van der Waals surface area contributed by atoms with Crippen molar-refractivity contribution in [1.82, 2.24) is 10.2 Å². The van der Waals surface area contributed by atoms with Crippen molar-refractivity contribution in [2.75, 3.05) is 19.6 Å². The number of aliphatic hydroxyl groups is 1. The maximum Gasteiger partial charge on any atom is 0.314 e. The van der Waals surface area contributed by atoms with Crippen molar-refractivity contribution in [1.29, 1.82) is 0 Å². The molecule has 1 aliphatic heterocycles. The van der Waals surface area contributed by atoms with Crippen LogP contribution in [0.1, 0.15) is 26.2 Å². The number of urea groups is 1. The maximum atomic E-state index is 11.8. The van der Waals surface area contributed by atoms with Crippen molar-refractivity contribution in [2.45, 2.75) is 32.3 Å². The van der Waals surface area contributed by atoms with Crippen molar-refractivity contribution in [3.05, 3.63) is 0 Å². The van der Waals surface area contributed by atoms with Crippen LogP contribution in [0.4, 0.5) is 4.79 Å². The zero-order valence-corrected chi connectivity index (χ0v) is 10.2. The summed E-state index contributed by atoms with van der Waals surface area (Å²) in [5, 5.41) is 12.0. The molecule has 0 aromatic heterocycles. The van der Waals surface area contributed by atoms with Crippen LogP contribution in [0.5, 0.6) is 0 Å². The minimum absolute atomic E-state index is 0.108. The van der Waals surface area contributed by atoms with Crippen molar-refractivity contribution in [3.63, 3.8) is 0 Å². The molecule has 2 unspecified atom stereocenters. The second-order valence-electron chi connectivity index (χ2n) is 4.43. The molecule has 1 aliphatic rings. The van der Waals surface area contributed by atoms with E-state index in [0.717, 1.165) is 12.8 Å². The Balaban J connectivity index is 2.38. The highest BCUT2D eigenvalue weighted by atomic mass is 16.3. The molecule has 1 fully saturated rings. The lowest BCUT2D eigenvalue weighted by Crippen LogP contribution is -2.48. The Morgan fingerprint density at radius 1 is 1.59 bits per heavy atom. The molecule has 0 aliphatic carbocycles.